The fraction of sp³-hybridized carbons (Fsp3) is 0.261. The number of rotatable bonds is 3. The first-order chi connectivity index (χ1) is 16.0. The number of fused-ring (bicyclic) bond motifs is 3. The molecule has 10 nitrogen and oxygen atoms in total. The predicted octanol–water partition coefficient (Wildman–Crippen LogP) is 2.22. The normalized spacial score (nSPS) is 21.6. The monoisotopic (exact) mass is 440 g/mol. The van der Waals surface area contributed by atoms with Crippen LogP contribution in [0.15, 0.2) is 48.9 Å². The number of piperidine rings is 1. The van der Waals surface area contributed by atoms with E-state index in [0.29, 0.717) is 36.5 Å². The fourth-order valence-electron chi connectivity index (χ4n) is 5.20. The smallest absolute Gasteiger partial charge is 0.408 e. The molecule has 2 bridgehead atoms. The van der Waals surface area contributed by atoms with Crippen LogP contribution in [0, 0.1) is 11.3 Å². The maximum atomic E-state index is 12.0. The molecular formula is C23H20N8O2. The van der Waals surface area contributed by atoms with Crippen molar-refractivity contribution in [3.05, 3.63) is 60.2 Å². The third-order valence-corrected chi connectivity index (χ3v) is 6.64. The van der Waals surface area contributed by atoms with Gasteiger partial charge in [0.2, 0.25) is 0 Å². The first-order valence-corrected chi connectivity index (χ1v) is 10.6. The van der Waals surface area contributed by atoms with Gasteiger partial charge in [0.05, 0.1) is 40.4 Å². The minimum Gasteiger partial charge on any atom is -0.465 e. The Kier molecular flexibility index (Phi) is 4.06. The minimum atomic E-state index is -0.983. The summed E-state index contributed by atoms with van der Waals surface area (Å²) < 4.78 is 3.52. The van der Waals surface area contributed by atoms with Crippen molar-refractivity contribution < 1.29 is 9.90 Å². The van der Waals surface area contributed by atoms with E-state index >= 15 is 0 Å². The molecule has 10 heteroatoms. The van der Waals surface area contributed by atoms with Crippen molar-refractivity contribution in [2.45, 2.75) is 18.0 Å². The zero-order valence-electron chi connectivity index (χ0n) is 17.8. The molecule has 1 amide bonds. The van der Waals surface area contributed by atoms with Crippen LogP contribution in [0.25, 0.3) is 28.0 Å². The number of carboxylic acid groups (broad SMARTS) is 1. The molecule has 0 spiro atoms. The maximum absolute atomic E-state index is 12.0. The first kappa shape index (κ1) is 19.5. The Morgan fingerprint density at radius 3 is 2.94 bits per heavy atom. The molecule has 0 radical (unpaired) electrons. The van der Waals surface area contributed by atoms with Crippen LogP contribution < -0.4 is 5.32 Å². The van der Waals surface area contributed by atoms with Crippen molar-refractivity contribution in [3.63, 3.8) is 0 Å². The molecule has 2 atom stereocenters. The number of hydrogen-bond donors (Lipinski definition) is 2. The SMILES string of the molecule is Cn1cc(-c2cc3c(-c4ccc(C#N)c(C56CNCC(C5)N6C(=O)O)n4)cccn3n2)cn1. The summed E-state index contributed by atoms with van der Waals surface area (Å²) >= 11 is 0. The molecule has 3 saturated heterocycles. The number of hydrogen-bond acceptors (Lipinski definition) is 6. The molecular weight excluding hydrogens is 420 g/mol. The topological polar surface area (TPSA) is 124 Å². The molecule has 164 valence electrons. The van der Waals surface area contributed by atoms with Crippen LogP contribution in [-0.2, 0) is 12.6 Å². The summed E-state index contributed by atoms with van der Waals surface area (Å²) in [6, 6.07) is 11.5. The van der Waals surface area contributed by atoms with Crippen molar-refractivity contribution in [2.75, 3.05) is 13.1 Å². The van der Waals surface area contributed by atoms with Crippen LogP contribution in [0.3, 0.4) is 0 Å². The van der Waals surface area contributed by atoms with Crippen molar-refractivity contribution in [2.24, 2.45) is 7.05 Å². The highest BCUT2D eigenvalue weighted by molar-refractivity contribution is 5.81. The van der Waals surface area contributed by atoms with Crippen molar-refractivity contribution in [1.82, 2.24) is 34.6 Å². The van der Waals surface area contributed by atoms with Crippen molar-refractivity contribution in [3.8, 4) is 28.6 Å². The fourth-order valence-corrected chi connectivity index (χ4v) is 5.20. The second-order valence-corrected chi connectivity index (χ2v) is 8.56. The summed E-state index contributed by atoms with van der Waals surface area (Å²) in [5.74, 6) is 0. The standard InChI is InChI=1S/C23H20N8O2/c1-29-12-15(10-26-29)19-7-20-17(3-2-6-30(20)28-19)18-5-4-14(9-24)21(27-18)23-8-16(11-25-13-23)31(23)22(32)33/h2-7,10,12,16,25H,8,11,13H2,1H3,(H,32,33). The number of carbonyl (C=O) groups is 1. The first-order valence-electron chi connectivity index (χ1n) is 10.6. The second kappa shape index (κ2) is 6.88. The van der Waals surface area contributed by atoms with E-state index in [0.717, 1.165) is 22.3 Å². The van der Waals surface area contributed by atoms with Gasteiger partial charge < -0.3 is 10.4 Å². The summed E-state index contributed by atoms with van der Waals surface area (Å²) in [6.45, 7) is 1.05. The largest absolute Gasteiger partial charge is 0.465 e. The Balaban J connectivity index is 1.50. The Labute approximate surface area is 188 Å². The third kappa shape index (κ3) is 2.76. The lowest BCUT2D eigenvalue weighted by Crippen LogP contribution is -2.75. The van der Waals surface area contributed by atoms with E-state index in [1.807, 2.05) is 43.7 Å². The van der Waals surface area contributed by atoms with E-state index in [4.69, 9.17) is 4.98 Å². The number of aromatic nitrogens is 5. The molecule has 3 fully saturated rings. The van der Waals surface area contributed by atoms with Crippen molar-refractivity contribution >= 4 is 11.6 Å². The number of nitrogens with zero attached hydrogens (tertiary/aromatic N) is 7. The molecule has 33 heavy (non-hydrogen) atoms. The summed E-state index contributed by atoms with van der Waals surface area (Å²) in [5.41, 5.74) is 4.14. The van der Waals surface area contributed by atoms with Gasteiger partial charge in [-0.1, -0.05) is 0 Å². The maximum Gasteiger partial charge on any atom is 0.408 e. The molecule has 0 saturated carbocycles. The number of nitriles is 1. The van der Waals surface area contributed by atoms with Gasteiger partial charge in [-0.3, -0.25) is 9.58 Å². The van der Waals surface area contributed by atoms with Crippen LogP contribution in [-0.4, -0.2) is 59.6 Å². The summed E-state index contributed by atoms with van der Waals surface area (Å²) in [6.07, 6.45) is 5.21. The Hall–Kier alpha value is -4.23. The summed E-state index contributed by atoms with van der Waals surface area (Å²) in [4.78, 5) is 18.4. The van der Waals surface area contributed by atoms with Crippen LogP contribution in [0.1, 0.15) is 17.7 Å². The van der Waals surface area contributed by atoms with Crippen molar-refractivity contribution in [1.29, 1.82) is 5.26 Å². The zero-order chi connectivity index (χ0) is 22.7. The predicted molar refractivity (Wildman–Crippen MR) is 118 cm³/mol. The molecule has 7 rings (SSSR count). The van der Waals surface area contributed by atoms with Gasteiger partial charge in [0.25, 0.3) is 0 Å². The highest BCUT2D eigenvalue weighted by Crippen LogP contribution is 2.47. The van der Waals surface area contributed by atoms with Gasteiger partial charge in [0.15, 0.2) is 0 Å². The lowest BCUT2D eigenvalue weighted by Gasteiger charge is -2.60. The highest BCUT2D eigenvalue weighted by Gasteiger charge is 2.59. The molecule has 0 aromatic carbocycles. The Bertz CT molecular complexity index is 1460. The zero-order valence-corrected chi connectivity index (χ0v) is 17.8. The summed E-state index contributed by atoms with van der Waals surface area (Å²) in [5, 5.41) is 31.8. The van der Waals surface area contributed by atoms with E-state index in [1.54, 1.807) is 21.5 Å². The lowest BCUT2D eigenvalue weighted by molar-refractivity contribution is -0.0829. The van der Waals surface area contributed by atoms with Gasteiger partial charge in [-0.25, -0.2) is 14.3 Å². The van der Waals surface area contributed by atoms with Crippen LogP contribution in [0.4, 0.5) is 4.79 Å². The van der Waals surface area contributed by atoms with E-state index in [-0.39, 0.29) is 6.04 Å². The molecule has 0 aliphatic carbocycles. The molecule has 7 heterocycles. The molecule has 3 aliphatic rings. The average Bonchev–Trinajstić information content (AvgIpc) is 3.44. The van der Waals surface area contributed by atoms with Crippen LogP contribution >= 0.6 is 0 Å². The molecule has 3 aliphatic heterocycles. The van der Waals surface area contributed by atoms with Gasteiger partial charge in [-0.05, 0) is 36.8 Å². The van der Waals surface area contributed by atoms with E-state index in [1.165, 1.54) is 4.90 Å². The molecule has 4 aromatic rings. The Morgan fingerprint density at radius 1 is 1.33 bits per heavy atom. The molecule has 4 aromatic heterocycles. The number of amides is 1. The van der Waals surface area contributed by atoms with E-state index < -0.39 is 11.6 Å². The number of pyridine rings is 2. The second-order valence-electron chi connectivity index (χ2n) is 8.56. The van der Waals surface area contributed by atoms with Gasteiger partial charge >= 0.3 is 6.09 Å². The molecule has 2 unspecified atom stereocenters. The van der Waals surface area contributed by atoms with Gasteiger partial charge in [-0.15, -0.1) is 0 Å². The quantitative estimate of drug-likeness (QED) is 0.500. The van der Waals surface area contributed by atoms with E-state index in [2.05, 4.69) is 21.6 Å². The minimum absolute atomic E-state index is 0.103. The highest BCUT2D eigenvalue weighted by atomic mass is 16.4. The summed E-state index contributed by atoms with van der Waals surface area (Å²) in [7, 11) is 1.86. The average molecular weight is 440 g/mol. The number of aryl methyl sites for hydroxylation is 1. The van der Waals surface area contributed by atoms with Gasteiger partial charge in [-0.2, -0.15) is 15.5 Å². The van der Waals surface area contributed by atoms with Crippen LogP contribution in [0.2, 0.25) is 0 Å². The van der Waals surface area contributed by atoms with Gasteiger partial charge in [0, 0.05) is 43.7 Å². The number of nitrogens with one attached hydrogen (secondary N) is 1. The number of piperazine rings is 1. The van der Waals surface area contributed by atoms with Crippen LogP contribution in [0.5, 0.6) is 0 Å². The molecule has 2 N–H and O–H groups in total. The van der Waals surface area contributed by atoms with E-state index in [9.17, 15) is 15.2 Å². The Morgan fingerprint density at radius 2 is 2.21 bits per heavy atom. The third-order valence-electron chi connectivity index (χ3n) is 6.64. The lowest BCUT2D eigenvalue weighted by atomic mass is 9.71. The van der Waals surface area contributed by atoms with Gasteiger partial charge in [0.1, 0.15) is 11.6 Å².